The second-order valence-corrected chi connectivity index (χ2v) is 4.55. The first kappa shape index (κ1) is 13.8. The predicted octanol–water partition coefficient (Wildman–Crippen LogP) is 1.62. The highest BCUT2D eigenvalue weighted by molar-refractivity contribution is 5.92. The van der Waals surface area contributed by atoms with Gasteiger partial charge in [0.2, 0.25) is 0 Å². The van der Waals surface area contributed by atoms with Crippen molar-refractivity contribution in [1.29, 1.82) is 0 Å². The topological polar surface area (TPSA) is 18.8 Å². The van der Waals surface area contributed by atoms with Crippen LogP contribution in [0.1, 0.15) is 20.3 Å². The van der Waals surface area contributed by atoms with Gasteiger partial charge < -0.3 is 4.90 Å². The lowest BCUT2D eigenvalue weighted by Gasteiger charge is -2.25. The average Bonchev–Trinajstić information content (AvgIpc) is 2.56. The lowest BCUT2D eigenvalue weighted by Crippen LogP contribution is -2.36. The first-order valence-electron chi connectivity index (χ1n) is 6.28. The number of rotatable bonds is 3. The lowest BCUT2D eigenvalue weighted by atomic mass is 10.3. The Hall–Kier alpha value is -1.27. The van der Waals surface area contributed by atoms with Gasteiger partial charge in [-0.1, -0.05) is 12.5 Å². The van der Waals surface area contributed by atoms with Crippen molar-refractivity contribution >= 4 is 5.84 Å². The van der Waals surface area contributed by atoms with Crippen LogP contribution in [-0.2, 0) is 0 Å². The molecule has 0 aromatic carbocycles. The second-order valence-electron chi connectivity index (χ2n) is 4.55. The van der Waals surface area contributed by atoms with Crippen LogP contribution in [0, 0.1) is 12.3 Å². The van der Waals surface area contributed by atoms with Crippen LogP contribution < -0.4 is 0 Å². The molecule has 0 amide bonds. The van der Waals surface area contributed by atoms with Gasteiger partial charge in [-0.2, -0.15) is 0 Å². The maximum Gasteiger partial charge on any atom is 0.123 e. The van der Waals surface area contributed by atoms with Crippen molar-refractivity contribution in [1.82, 2.24) is 9.80 Å². The smallest absolute Gasteiger partial charge is 0.123 e. The molecular weight excluding hydrogens is 210 g/mol. The van der Waals surface area contributed by atoms with Crippen LogP contribution in [0.5, 0.6) is 0 Å². The molecule has 1 aliphatic heterocycles. The molecule has 0 unspecified atom stereocenters. The second kappa shape index (κ2) is 7.13. The van der Waals surface area contributed by atoms with E-state index in [9.17, 15) is 0 Å². The summed E-state index contributed by atoms with van der Waals surface area (Å²) in [6.45, 7) is 13.0. The molecule has 0 spiro atoms. The van der Waals surface area contributed by atoms with Crippen molar-refractivity contribution in [3.05, 3.63) is 12.7 Å². The van der Waals surface area contributed by atoms with Crippen LogP contribution in [0.25, 0.3) is 0 Å². The van der Waals surface area contributed by atoms with Crippen molar-refractivity contribution in [2.24, 2.45) is 4.99 Å². The summed E-state index contributed by atoms with van der Waals surface area (Å²) in [7, 11) is 0. The monoisotopic (exact) mass is 233 g/mol. The Bertz CT molecular complexity index is 312. The van der Waals surface area contributed by atoms with E-state index in [1.54, 1.807) is 0 Å². The average molecular weight is 233 g/mol. The van der Waals surface area contributed by atoms with Crippen LogP contribution >= 0.6 is 0 Å². The van der Waals surface area contributed by atoms with E-state index in [4.69, 9.17) is 6.42 Å². The minimum Gasteiger partial charge on any atom is -0.356 e. The van der Waals surface area contributed by atoms with Gasteiger partial charge in [-0.3, -0.25) is 9.89 Å². The molecule has 3 heteroatoms. The standard InChI is InChI=1S/C14H23N3/c1-5-8-15-14(6-2)17-10-7-9-16(11-12-17)13(3)4/h1,6,13H,2,7-12H2,3-4H3/b15-14+. The molecule has 1 saturated heterocycles. The molecular formula is C14H23N3. The molecule has 0 aromatic rings. The van der Waals surface area contributed by atoms with E-state index in [0.29, 0.717) is 12.6 Å². The van der Waals surface area contributed by atoms with Crippen molar-refractivity contribution in [3.63, 3.8) is 0 Å². The number of nitrogens with zero attached hydrogens (tertiary/aromatic N) is 3. The van der Waals surface area contributed by atoms with E-state index >= 15 is 0 Å². The van der Waals surface area contributed by atoms with Gasteiger partial charge in [0.1, 0.15) is 12.4 Å². The van der Waals surface area contributed by atoms with Crippen molar-refractivity contribution < 1.29 is 0 Å². The highest BCUT2D eigenvalue weighted by Gasteiger charge is 2.17. The molecule has 94 valence electrons. The van der Waals surface area contributed by atoms with E-state index in [1.165, 1.54) is 6.42 Å². The lowest BCUT2D eigenvalue weighted by molar-refractivity contribution is 0.233. The maximum atomic E-state index is 5.24. The molecule has 0 atom stereocenters. The third-order valence-corrected chi connectivity index (χ3v) is 3.10. The van der Waals surface area contributed by atoms with Gasteiger partial charge in [0.15, 0.2) is 0 Å². The van der Waals surface area contributed by atoms with Crippen molar-refractivity contribution in [2.45, 2.75) is 26.3 Å². The first-order valence-corrected chi connectivity index (χ1v) is 6.28. The highest BCUT2D eigenvalue weighted by Crippen LogP contribution is 2.07. The molecule has 0 N–H and O–H groups in total. The third-order valence-electron chi connectivity index (χ3n) is 3.10. The summed E-state index contributed by atoms with van der Waals surface area (Å²) in [5.41, 5.74) is 0. The van der Waals surface area contributed by atoms with E-state index in [-0.39, 0.29) is 0 Å². The largest absolute Gasteiger partial charge is 0.356 e. The zero-order valence-corrected chi connectivity index (χ0v) is 11.0. The Balaban J connectivity index is 2.61. The Kier molecular flexibility index (Phi) is 5.79. The fourth-order valence-electron chi connectivity index (χ4n) is 2.10. The summed E-state index contributed by atoms with van der Waals surface area (Å²) in [4.78, 5) is 9.15. The maximum absolute atomic E-state index is 5.24. The zero-order valence-electron chi connectivity index (χ0n) is 11.0. The zero-order chi connectivity index (χ0) is 12.7. The van der Waals surface area contributed by atoms with Gasteiger partial charge in [-0.05, 0) is 26.3 Å². The van der Waals surface area contributed by atoms with Crippen LogP contribution in [0.4, 0.5) is 0 Å². The summed E-state index contributed by atoms with van der Waals surface area (Å²) < 4.78 is 0. The van der Waals surface area contributed by atoms with Gasteiger partial charge in [0.05, 0.1) is 0 Å². The fraction of sp³-hybridized carbons (Fsp3) is 0.643. The van der Waals surface area contributed by atoms with Gasteiger partial charge in [0, 0.05) is 32.2 Å². The number of aliphatic imine (C=N–C) groups is 1. The molecule has 17 heavy (non-hydrogen) atoms. The Labute approximate surface area is 105 Å². The number of terminal acetylenes is 1. The Morgan fingerprint density at radius 1 is 1.41 bits per heavy atom. The summed E-state index contributed by atoms with van der Waals surface area (Å²) in [6.07, 6.45) is 8.21. The van der Waals surface area contributed by atoms with Crippen LogP contribution in [0.15, 0.2) is 17.6 Å². The summed E-state index contributed by atoms with van der Waals surface area (Å²) in [5.74, 6) is 3.48. The molecule has 0 radical (unpaired) electrons. The van der Waals surface area contributed by atoms with E-state index in [1.807, 2.05) is 6.08 Å². The van der Waals surface area contributed by atoms with Crippen molar-refractivity contribution in [2.75, 3.05) is 32.7 Å². The molecule has 1 heterocycles. The van der Waals surface area contributed by atoms with Gasteiger partial charge in [-0.25, -0.2) is 0 Å². The highest BCUT2D eigenvalue weighted by atomic mass is 15.3. The van der Waals surface area contributed by atoms with E-state index < -0.39 is 0 Å². The molecule has 0 bridgehead atoms. The quantitative estimate of drug-likeness (QED) is 0.419. The molecule has 0 aromatic heterocycles. The normalized spacial score (nSPS) is 18.9. The molecule has 0 aliphatic carbocycles. The van der Waals surface area contributed by atoms with Crippen LogP contribution in [-0.4, -0.2) is 54.4 Å². The number of hydrogen-bond donors (Lipinski definition) is 0. The van der Waals surface area contributed by atoms with Crippen LogP contribution in [0.3, 0.4) is 0 Å². The van der Waals surface area contributed by atoms with Crippen LogP contribution in [0.2, 0.25) is 0 Å². The summed E-state index contributed by atoms with van der Waals surface area (Å²) >= 11 is 0. The predicted molar refractivity (Wildman–Crippen MR) is 74.2 cm³/mol. The van der Waals surface area contributed by atoms with E-state index in [2.05, 4.69) is 41.1 Å². The van der Waals surface area contributed by atoms with Crippen molar-refractivity contribution in [3.8, 4) is 12.3 Å². The number of amidine groups is 1. The molecule has 0 saturated carbocycles. The minimum absolute atomic E-state index is 0.436. The molecule has 3 nitrogen and oxygen atoms in total. The third kappa shape index (κ3) is 4.24. The SMILES string of the molecule is C#CC/N=C(\C=C)N1CCCN(C(C)C)CC1. The number of hydrogen-bond acceptors (Lipinski definition) is 2. The molecule has 1 fully saturated rings. The molecule has 1 aliphatic rings. The Morgan fingerprint density at radius 3 is 2.76 bits per heavy atom. The fourth-order valence-corrected chi connectivity index (χ4v) is 2.10. The molecule has 1 rings (SSSR count). The summed E-state index contributed by atoms with van der Waals surface area (Å²) in [5, 5.41) is 0. The van der Waals surface area contributed by atoms with E-state index in [0.717, 1.165) is 32.0 Å². The summed E-state index contributed by atoms with van der Waals surface area (Å²) in [6, 6.07) is 0.616. The minimum atomic E-state index is 0.436. The van der Waals surface area contributed by atoms with Gasteiger partial charge in [0.25, 0.3) is 0 Å². The van der Waals surface area contributed by atoms with Gasteiger partial charge in [-0.15, -0.1) is 6.42 Å². The van der Waals surface area contributed by atoms with Gasteiger partial charge >= 0.3 is 0 Å². The Morgan fingerprint density at radius 2 is 2.18 bits per heavy atom. The first-order chi connectivity index (χ1) is 8.19.